The maximum absolute atomic E-state index is 12.3. The number of amides is 1. The predicted molar refractivity (Wildman–Crippen MR) is 72.9 cm³/mol. The number of ether oxygens (including phenoxy) is 1. The minimum Gasteiger partial charge on any atom is -0.375 e. The van der Waals surface area contributed by atoms with Crippen molar-refractivity contribution in [3.8, 4) is 0 Å². The number of nitrogens with one attached hydrogen (secondary N) is 1. The van der Waals surface area contributed by atoms with Crippen LogP contribution in [0.25, 0.3) is 0 Å². The Balaban J connectivity index is 1.50. The number of hydrogen-bond acceptors (Lipinski definition) is 4. The van der Waals surface area contributed by atoms with Gasteiger partial charge in [-0.25, -0.2) is 0 Å². The Kier molecular flexibility index (Phi) is 4.05. The van der Waals surface area contributed by atoms with Crippen molar-refractivity contribution in [2.24, 2.45) is 5.92 Å². The van der Waals surface area contributed by atoms with Gasteiger partial charge in [0.25, 0.3) is 0 Å². The third kappa shape index (κ3) is 3.09. The monoisotopic (exact) mass is 267 g/mol. The van der Waals surface area contributed by atoms with Crippen LogP contribution in [0.1, 0.15) is 19.8 Å². The third-order valence-corrected chi connectivity index (χ3v) is 4.63. The number of nitrogens with zero attached hydrogens (tertiary/aromatic N) is 2. The van der Waals surface area contributed by atoms with E-state index in [1.54, 1.807) is 0 Å². The highest BCUT2D eigenvalue weighted by Gasteiger charge is 2.35. The van der Waals surface area contributed by atoms with E-state index in [1.165, 1.54) is 12.8 Å². The standard InChI is InChI=1S/C14H25N3O2/c1-11-7-17(5-6-19-11)14(18)10-16-8-12-3-2-4-15-13(12)9-16/h11-13,15H,2-10H2,1H3/t11?,12-,13+/m0/s1. The number of piperidine rings is 1. The summed E-state index contributed by atoms with van der Waals surface area (Å²) < 4.78 is 5.49. The number of likely N-dealkylation sites (tertiary alicyclic amines) is 1. The van der Waals surface area contributed by atoms with Gasteiger partial charge in [0.15, 0.2) is 0 Å². The van der Waals surface area contributed by atoms with Crippen molar-refractivity contribution in [2.45, 2.75) is 31.9 Å². The number of rotatable bonds is 2. The van der Waals surface area contributed by atoms with Crippen LogP contribution in [0.3, 0.4) is 0 Å². The normalized spacial score (nSPS) is 36.3. The molecule has 0 bridgehead atoms. The summed E-state index contributed by atoms with van der Waals surface area (Å²) in [6.07, 6.45) is 2.78. The minimum atomic E-state index is 0.181. The van der Waals surface area contributed by atoms with Gasteiger partial charge in [-0.15, -0.1) is 0 Å². The molecule has 3 aliphatic heterocycles. The van der Waals surface area contributed by atoms with Crippen LogP contribution in [0.15, 0.2) is 0 Å². The SMILES string of the molecule is CC1CN(C(=O)CN2C[C@@H]3CCCN[C@@H]3C2)CCO1. The summed E-state index contributed by atoms with van der Waals surface area (Å²) in [7, 11) is 0. The van der Waals surface area contributed by atoms with E-state index in [9.17, 15) is 4.79 Å². The van der Waals surface area contributed by atoms with Crippen molar-refractivity contribution < 1.29 is 9.53 Å². The number of carbonyl (C=O) groups excluding carboxylic acids is 1. The quantitative estimate of drug-likeness (QED) is 0.760. The van der Waals surface area contributed by atoms with Crippen molar-refractivity contribution in [2.75, 3.05) is 45.9 Å². The second-order valence-electron chi connectivity index (χ2n) is 6.18. The lowest BCUT2D eigenvalue weighted by Gasteiger charge is -2.32. The maximum atomic E-state index is 12.3. The zero-order valence-electron chi connectivity index (χ0n) is 11.8. The first kappa shape index (κ1) is 13.3. The average Bonchev–Trinajstić information content (AvgIpc) is 2.80. The Labute approximate surface area is 115 Å². The van der Waals surface area contributed by atoms with E-state index >= 15 is 0 Å². The van der Waals surface area contributed by atoms with Gasteiger partial charge in [0.1, 0.15) is 0 Å². The molecule has 3 atom stereocenters. The molecule has 1 N–H and O–H groups in total. The molecule has 3 rings (SSSR count). The molecule has 0 aliphatic carbocycles. The van der Waals surface area contributed by atoms with Crippen molar-refractivity contribution in [1.29, 1.82) is 0 Å². The number of carbonyl (C=O) groups is 1. The Hall–Kier alpha value is -0.650. The third-order valence-electron chi connectivity index (χ3n) is 4.63. The zero-order chi connectivity index (χ0) is 13.2. The highest BCUT2D eigenvalue weighted by atomic mass is 16.5. The molecule has 0 spiro atoms. The fourth-order valence-corrected chi connectivity index (χ4v) is 3.60. The molecule has 3 fully saturated rings. The predicted octanol–water partition coefficient (Wildman–Crippen LogP) is -0.0825. The highest BCUT2D eigenvalue weighted by molar-refractivity contribution is 5.78. The molecule has 0 aromatic heterocycles. The molecule has 1 amide bonds. The van der Waals surface area contributed by atoms with Gasteiger partial charge in [-0.3, -0.25) is 9.69 Å². The molecule has 5 nitrogen and oxygen atoms in total. The molecule has 0 saturated carbocycles. The summed E-state index contributed by atoms with van der Waals surface area (Å²) in [6.45, 7) is 8.07. The Bertz CT molecular complexity index is 323. The van der Waals surface area contributed by atoms with Gasteiger partial charge >= 0.3 is 0 Å². The van der Waals surface area contributed by atoms with Crippen LogP contribution in [0.4, 0.5) is 0 Å². The molecule has 0 aromatic carbocycles. The van der Waals surface area contributed by atoms with Crippen molar-refractivity contribution >= 4 is 5.91 Å². The molecular formula is C14H25N3O2. The minimum absolute atomic E-state index is 0.181. The molecular weight excluding hydrogens is 242 g/mol. The molecule has 5 heteroatoms. The Morgan fingerprint density at radius 2 is 2.26 bits per heavy atom. The first-order valence-electron chi connectivity index (χ1n) is 7.57. The number of hydrogen-bond donors (Lipinski definition) is 1. The van der Waals surface area contributed by atoms with E-state index < -0.39 is 0 Å². The molecule has 3 heterocycles. The molecule has 19 heavy (non-hydrogen) atoms. The van der Waals surface area contributed by atoms with E-state index in [0.717, 1.165) is 38.6 Å². The molecule has 0 radical (unpaired) electrons. The van der Waals surface area contributed by atoms with E-state index in [4.69, 9.17) is 4.74 Å². The van der Waals surface area contributed by atoms with Crippen LogP contribution in [0.2, 0.25) is 0 Å². The van der Waals surface area contributed by atoms with Crippen LogP contribution in [-0.4, -0.2) is 73.7 Å². The topological polar surface area (TPSA) is 44.8 Å². The maximum Gasteiger partial charge on any atom is 0.236 e. The lowest BCUT2D eigenvalue weighted by atomic mass is 9.94. The van der Waals surface area contributed by atoms with Gasteiger partial charge in [0.2, 0.25) is 5.91 Å². The van der Waals surface area contributed by atoms with Crippen LogP contribution in [0.5, 0.6) is 0 Å². The summed E-state index contributed by atoms with van der Waals surface area (Å²) in [5.41, 5.74) is 0. The van der Waals surface area contributed by atoms with Gasteiger partial charge in [0.05, 0.1) is 19.3 Å². The van der Waals surface area contributed by atoms with Gasteiger partial charge in [0, 0.05) is 32.2 Å². The highest BCUT2D eigenvalue weighted by Crippen LogP contribution is 2.24. The van der Waals surface area contributed by atoms with Crippen molar-refractivity contribution in [3.63, 3.8) is 0 Å². The summed E-state index contributed by atoms with van der Waals surface area (Å²) in [6, 6.07) is 0.616. The summed E-state index contributed by atoms with van der Waals surface area (Å²) in [4.78, 5) is 16.6. The largest absolute Gasteiger partial charge is 0.375 e. The smallest absolute Gasteiger partial charge is 0.236 e. The second kappa shape index (κ2) is 5.77. The number of morpholine rings is 1. The van der Waals surface area contributed by atoms with Crippen LogP contribution in [-0.2, 0) is 9.53 Å². The molecule has 108 valence electrons. The molecule has 3 saturated heterocycles. The summed E-state index contributed by atoms with van der Waals surface area (Å²) >= 11 is 0. The van der Waals surface area contributed by atoms with Crippen molar-refractivity contribution in [1.82, 2.24) is 15.1 Å². The average molecular weight is 267 g/mol. The molecule has 0 aromatic rings. The van der Waals surface area contributed by atoms with E-state index in [1.807, 2.05) is 11.8 Å². The second-order valence-corrected chi connectivity index (χ2v) is 6.18. The zero-order valence-corrected chi connectivity index (χ0v) is 11.8. The lowest BCUT2D eigenvalue weighted by Crippen LogP contribution is -2.48. The van der Waals surface area contributed by atoms with Gasteiger partial charge in [-0.1, -0.05) is 0 Å². The Morgan fingerprint density at radius 3 is 3.05 bits per heavy atom. The van der Waals surface area contributed by atoms with Crippen molar-refractivity contribution in [3.05, 3.63) is 0 Å². The fraction of sp³-hybridized carbons (Fsp3) is 0.929. The molecule has 3 aliphatic rings. The van der Waals surface area contributed by atoms with Gasteiger partial charge in [-0.2, -0.15) is 0 Å². The number of fused-ring (bicyclic) bond motifs is 1. The van der Waals surface area contributed by atoms with Crippen LogP contribution in [0, 0.1) is 5.92 Å². The van der Waals surface area contributed by atoms with Crippen LogP contribution < -0.4 is 5.32 Å². The Morgan fingerprint density at radius 1 is 1.37 bits per heavy atom. The van der Waals surface area contributed by atoms with E-state index in [2.05, 4.69) is 10.2 Å². The van der Waals surface area contributed by atoms with Crippen LogP contribution >= 0.6 is 0 Å². The first-order chi connectivity index (χ1) is 9.22. The van der Waals surface area contributed by atoms with E-state index in [-0.39, 0.29) is 12.0 Å². The van der Waals surface area contributed by atoms with Gasteiger partial charge < -0.3 is 15.0 Å². The molecule has 1 unspecified atom stereocenters. The van der Waals surface area contributed by atoms with Gasteiger partial charge in [-0.05, 0) is 32.2 Å². The lowest BCUT2D eigenvalue weighted by molar-refractivity contribution is -0.139. The first-order valence-corrected chi connectivity index (χ1v) is 7.57. The van der Waals surface area contributed by atoms with E-state index in [0.29, 0.717) is 19.2 Å². The summed E-state index contributed by atoms with van der Waals surface area (Å²) in [5.74, 6) is 1.03. The summed E-state index contributed by atoms with van der Waals surface area (Å²) in [5, 5.41) is 3.58. The fourth-order valence-electron chi connectivity index (χ4n) is 3.60.